The molecule has 0 unspecified atom stereocenters. The number of furan rings is 1. The van der Waals surface area contributed by atoms with Crippen LogP contribution in [0.3, 0.4) is 0 Å². The number of para-hydroxylation sites is 1. The molecule has 0 fully saturated rings. The van der Waals surface area contributed by atoms with Gasteiger partial charge in [0.25, 0.3) is 0 Å². The predicted octanol–water partition coefficient (Wildman–Crippen LogP) is 8.16. The maximum Gasteiger partial charge on any atom is 0.120 e. The van der Waals surface area contributed by atoms with Gasteiger partial charge in [0.05, 0.1) is 5.58 Å². The average Bonchev–Trinajstić information content (AvgIpc) is 3.32. The number of benzene rings is 3. The number of rotatable bonds is 3. The van der Waals surface area contributed by atoms with E-state index in [1.165, 1.54) is 16.9 Å². The molecule has 3 heterocycles. The third kappa shape index (κ3) is 5.86. The molecule has 0 N–H and O–H groups in total. The maximum absolute atomic E-state index is 7.52. The van der Waals surface area contributed by atoms with Crippen molar-refractivity contribution in [3.63, 3.8) is 0 Å². The van der Waals surface area contributed by atoms with Gasteiger partial charge in [0.2, 0.25) is 0 Å². The molecule has 3 aromatic heterocycles. The van der Waals surface area contributed by atoms with Crippen molar-refractivity contribution in [3.05, 3.63) is 115 Å². The summed E-state index contributed by atoms with van der Waals surface area (Å²) in [5.74, 6) is 0. The van der Waals surface area contributed by atoms with E-state index in [1.54, 1.807) is 12.1 Å². The first-order valence-electron chi connectivity index (χ1n) is 13.8. The van der Waals surface area contributed by atoms with Crippen LogP contribution in [-0.4, -0.2) is 18.0 Å². The molecule has 38 heavy (non-hydrogen) atoms. The van der Waals surface area contributed by atoms with Crippen LogP contribution in [0.15, 0.2) is 95.7 Å². The second kappa shape index (κ2) is 11.6. The number of aryl methyl sites for hydroxylation is 2. The predicted molar refractivity (Wildman–Crippen MR) is 157 cm³/mol. The van der Waals surface area contributed by atoms with Gasteiger partial charge in [-0.25, -0.2) is 0 Å². The first kappa shape index (κ1) is 23.7. The number of fused-ring (bicyclic) bond motifs is 3. The summed E-state index contributed by atoms with van der Waals surface area (Å²) in [4.78, 5) is 8.67. The van der Waals surface area contributed by atoms with Crippen LogP contribution in [0.25, 0.3) is 44.5 Å². The number of hydrogen-bond acceptors (Lipinski definition) is 3. The summed E-state index contributed by atoms with van der Waals surface area (Å²) in [6.45, 7) is 6.82. The molecule has 5 heteroatoms. The van der Waals surface area contributed by atoms with E-state index in [9.17, 15) is 0 Å². The molecule has 193 valence electrons. The Morgan fingerprint density at radius 2 is 1.68 bits per heavy atom. The molecule has 0 bridgehead atoms. The normalized spacial score (nSPS) is 12.6. The van der Waals surface area contributed by atoms with Gasteiger partial charge < -0.3 is 14.4 Å². The van der Waals surface area contributed by atoms with Crippen molar-refractivity contribution >= 4 is 35.2 Å². The van der Waals surface area contributed by atoms with Crippen LogP contribution in [0.5, 0.6) is 0 Å². The van der Waals surface area contributed by atoms with Gasteiger partial charge in [0.1, 0.15) is 5.58 Å². The van der Waals surface area contributed by atoms with E-state index in [2.05, 4.69) is 66.9 Å². The first-order valence-corrected chi connectivity index (χ1v) is 15.8. The molecule has 0 aliphatic rings. The van der Waals surface area contributed by atoms with Crippen molar-refractivity contribution in [3.8, 4) is 22.5 Å². The summed E-state index contributed by atoms with van der Waals surface area (Å²) in [5, 5.41) is 3.52. The van der Waals surface area contributed by atoms with Crippen LogP contribution in [-0.2, 0) is 20.1 Å². The zero-order valence-electron chi connectivity index (χ0n) is 24.8. The minimum atomic E-state index is -2.16. The molecule has 0 aliphatic carbocycles. The summed E-state index contributed by atoms with van der Waals surface area (Å²) in [5.41, 5.74) is 6.52. The Hall–Kier alpha value is -3.37. The molecule has 3 nitrogen and oxygen atoms in total. The Morgan fingerprint density at radius 3 is 2.37 bits per heavy atom. The molecular formula is C33H30IrN2OSi-2. The van der Waals surface area contributed by atoms with Crippen molar-refractivity contribution < 1.29 is 28.6 Å². The van der Waals surface area contributed by atoms with Crippen LogP contribution in [0.2, 0.25) is 19.6 Å². The molecule has 6 rings (SSSR count). The van der Waals surface area contributed by atoms with E-state index in [1.807, 2.05) is 54.7 Å². The van der Waals surface area contributed by atoms with E-state index >= 15 is 0 Å². The van der Waals surface area contributed by atoms with E-state index in [-0.39, 0.29) is 25.7 Å². The number of aromatic nitrogens is 2. The minimum Gasteiger partial charge on any atom is -0.501 e. The monoisotopic (exact) mass is 694 g/mol. The van der Waals surface area contributed by atoms with Crippen molar-refractivity contribution in [2.24, 2.45) is 0 Å². The average molecular weight is 694 g/mol. The van der Waals surface area contributed by atoms with E-state index in [0.29, 0.717) is 5.69 Å². The molecular weight excluding hydrogens is 661 g/mol. The first-order chi connectivity index (χ1) is 19.0. The van der Waals surface area contributed by atoms with E-state index in [0.717, 1.165) is 38.8 Å². The molecule has 0 saturated heterocycles. The second-order valence-electron chi connectivity index (χ2n) is 10.1. The van der Waals surface area contributed by atoms with Gasteiger partial charge in [0.15, 0.2) is 0 Å². The molecule has 6 aromatic rings. The van der Waals surface area contributed by atoms with Crippen molar-refractivity contribution in [2.45, 2.75) is 33.4 Å². The summed E-state index contributed by atoms with van der Waals surface area (Å²) in [7, 11) is -1.62. The quantitative estimate of drug-likeness (QED) is 0.139. The van der Waals surface area contributed by atoms with Crippen LogP contribution in [0.4, 0.5) is 0 Å². The molecule has 0 amide bonds. The fourth-order valence-electron chi connectivity index (χ4n) is 4.33. The van der Waals surface area contributed by atoms with Gasteiger partial charge in [-0.3, -0.25) is 0 Å². The maximum atomic E-state index is 7.52. The zero-order valence-corrected chi connectivity index (χ0v) is 25.2. The third-order valence-corrected chi connectivity index (χ3v) is 8.19. The van der Waals surface area contributed by atoms with E-state index in [4.69, 9.17) is 8.53 Å². The van der Waals surface area contributed by atoms with Gasteiger partial charge in [-0.1, -0.05) is 72.6 Å². The number of nitrogens with zero attached hydrogens (tertiary/aromatic N) is 2. The molecule has 0 aliphatic heterocycles. The Labute approximate surface area is 243 Å². The number of hydrogen-bond donors (Lipinski definition) is 0. The van der Waals surface area contributed by atoms with Crippen molar-refractivity contribution in [1.82, 2.24) is 9.97 Å². The Bertz CT molecular complexity index is 1780. The standard InChI is InChI=1S/C21H20NOSi.C12H10N.Ir/c1-14-9-11-17(22-13-14)15-10-12-19(24(2,3)4)20-16-7-5-6-8-18(16)23-21(15)20;1-10-7-8-13-12(9-10)11-5-3-2-4-6-11;/h5-9,11-13H,1-4H3;2-5,7-9H,1H3;/q2*-1;/i1D3;;. The van der Waals surface area contributed by atoms with Crippen molar-refractivity contribution in [2.75, 3.05) is 0 Å². The van der Waals surface area contributed by atoms with Gasteiger partial charge in [-0.15, -0.1) is 53.2 Å². The molecule has 1 radical (unpaired) electrons. The van der Waals surface area contributed by atoms with E-state index < -0.39 is 14.9 Å². The van der Waals surface area contributed by atoms with Gasteiger partial charge in [0, 0.05) is 50.1 Å². The van der Waals surface area contributed by atoms with Gasteiger partial charge >= 0.3 is 0 Å². The van der Waals surface area contributed by atoms with Crippen LogP contribution >= 0.6 is 0 Å². The Morgan fingerprint density at radius 1 is 0.868 bits per heavy atom. The van der Waals surface area contributed by atoms with Crippen LogP contribution < -0.4 is 5.19 Å². The molecule has 0 saturated carbocycles. The second-order valence-corrected chi connectivity index (χ2v) is 15.1. The smallest absolute Gasteiger partial charge is 0.120 e. The Kier molecular flexibility index (Phi) is 7.22. The minimum absolute atomic E-state index is 0. The van der Waals surface area contributed by atoms with Gasteiger partial charge in [-0.2, -0.15) is 0 Å². The van der Waals surface area contributed by atoms with Crippen LogP contribution in [0.1, 0.15) is 15.2 Å². The van der Waals surface area contributed by atoms with Gasteiger partial charge in [-0.05, 0) is 42.9 Å². The largest absolute Gasteiger partial charge is 0.501 e. The fourth-order valence-corrected chi connectivity index (χ4v) is 5.83. The molecule has 0 spiro atoms. The van der Waals surface area contributed by atoms with Crippen molar-refractivity contribution in [1.29, 1.82) is 0 Å². The topological polar surface area (TPSA) is 38.9 Å². The molecule has 3 aromatic carbocycles. The van der Waals surface area contributed by atoms with Crippen LogP contribution in [0, 0.1) is 25.9 Å². The summed E-state index contributed by atoms with van der Waals surface area (Å²) in [6.07, 6.45) is 3.24. The molecule has 0 atom stereocenters. The summed E-state index contributed by atoms with van der Waals surface area (Å²) in [6, 6.07) is 31.9. The Balaban J connectivity index is 0.000000233. The summed E-state index contributed by atoms with van der Waals surface area (Å²) >= 11 is 0. The third-order valence-electron chi connectivity index (χ3n) is 6.18. The zero-order chi connectivity index (χ0) is 28.5. The fraction of sp³-hybridized carbons (Fsp3) is 0.152. The number of pyridine rings is 2. The SMILES string of the molecule is Cc1ccnc(-c2[c-]cccc2)c1.[2H]C([2H])([2H])c1ccc(-c2[c-]cc([Si](C)(C)C)c3c2oc2ccccc23)nc1.[Ir]. The summed E-state index contributed by atoms with van der Waals surface area (Å²) < 4.78 is 28.8.